The lowest BCUT2D eigenvalue weighted by Gasteiger charge is -2.32. The molecule has 0 saturated carbocycles. The number of aromatic hydroxyl groups is 1. The van der Waals surface area contributed by atoms with Gasteiger partial charge in [-0.3, -0.25) is 9.69 Å². The molecule has 1 unspecified atom stereocenters. The molecule has 21 heavy (non-hydrogen) atoms. The van der Waals surface area contributed by atoms with Gasteiger partial charge in [0.15, 0.2) is 0 Å². The fraction of sp³-hybridized carbons (Fsp3) is 0.588. The first-order valence-corrected chi connectivity index (χ1v) is 7.62. The predicted molar refractivity (Wildman–Crippen MR) is 84.1 cm³/mol. The maximum Gasteiger partial charge on any atom is 0.313 e. The molecule has 4 heteroatoms. The first kappa shape index (κ1) is 17.5. The minimum absolute atomic E-state index is 0.128. The molecule has 1 rings (SSSR count). The summed E-state index contributed by atoms with van der Waals surface area (Å²) in [6.45, 7) is 10.6. The van der Waals surface area contributed by atoms with Crippen molar-refractivity contribution in [3.8, 4) is 5.75 Å². The van der Waals surface area contributed by atoms with Crippen molar-refractivity contribution in [2.75, 3.05) is 19.7 Å². The molecule has 1 N–H and O–H groups in total. The summed E-state index contributed by atoms with van der Waals surface area (Å²) in [6.07, 6.45) is 0.748. The van der Waals surface area contributed by atoms with Crippen LogP contribution < -0.4 is 0 Å². The highest BCUT2D eigenvalue weighted by atomic mass is 16.5. The second-order valence-corrected chi connectivity index (χ2v) is 5.60. The highest BCUT2D eigenvalue weighted by Gasteiger charge is 2.34. The van der Waals surface area contributed by atoms with Gasteiger partial charge in [-0.25, -0.2) is 0 Å². The largest absolute Gasteiger partial charge is 0.508 e. The summed E-state index contributed by atoms with van der Waals surface area (Å²) in [7, 11) is 0. The maximum atomic E-state index is 12.2. The van der Waals surface area contributed by atoms with Crippen molar-refractivity contribution in [3.05, 3.63) is 29.8 Å². The van der Waals surface area contributed by atoms with Crippen LogP contribution in [0.3, 0.4) is 0 Å². The quantitative estimate of drug-likeness (QED) is 0.748. The normalized spacial score (nSPS) is 14.0. The fourth-order valence-corrected chi connectivity index (χ4v) is 2.26. The van der Waals surface area contributed by atoms with E-state index in [1.165, 1.54) is 0 Å². The van der Waals surface area contributed by atoms with E-state index in [9.17, 15) is 9.90 Å². The van der Waals surface area contributed by atoms with E-state index in [4.69, 9.17) is 4.74 Å². The van der Waals surface area contributed by atoms with Crippen LogP contribution in [0, 0.1) is 5.41 Å². The number of rotatable bonds is 8. The Hall–Kier alpha value is -1.55. The molecule has 1 aromatic carbocycles. The zero-order valence-electron chi connectivity index (χ0n) is 13.6. The van der Waals surface area contributed by atoms with E-state index in [-0.39, 0.29) is 11.7 Å². The molecule has 0 aromatic heterocycles. The molecule has 0 heterocycles. The third-order valence-corrected chi connectivity index (χ3v) is 3.91. The second kappa shape index (κ2) is 8.03. The van der Waals surface area contributed by atoms with Crippen molar-refractivity contribution < 1.29 is 14.6 Å². The van der Waals surface area contributed by atoms with Gasteiger partial charge in [-0.2, -0.15) is 0 Å². The van der Waals surface area contributed by atoms with Gasteiger partial charge in [0.1, 0.15) is 5.75 Å². The van der Waals surface area contributed by atoms with E-state index in [0.717, 1.165) is 25.1 Å². The van der Waals surface area contributed by atoms with Gasteiger partial charge in [0, 0.05) is 13.1 Å². The molecule has 4 nitrogen and oxygen atoms in total. The average Bonchev–Trinajstić information content (AvgIpc) is 2.48. The minimum Gasteiger partial charge on any atom is -0.508 e. The number of nitrogens with zero attached hydrogens (tertiary/aromatic N) is 1. The summed E-state index contributed by atoms with van der Waals surface area (Å²) in [5.74, 6) is 0.142. The maximum absolute atomic E-state index is 12.2. The zero-order valence-corrected chi connectivity index (χ0v) is 13.6. The summed E-state index contributed by atoms with van der Waals surface area (Å²) in [4.78, 5) is 14.4. The number of hydrogen-bond acceptors (Lipinski definition) is 4. The van der Waals surface area contributed by atoms with E-state index in [0.29, 0.717) is 13.2 Å². The molecule has 0 aliphatic rings. The lowest BCUT2D eigenvalue weighted by molar-refractivity contribution is -0.156. The third kappa shape index (κ3) is 5.05. The van der Waals surface area contributed by atoms with Crippen molar-refractivity contribution in [1.82, 2.24) is 4.90 Å². The molecule has 0 aliphatic carbocycles. The Morgan fingerprint density at radius 1 is 1.24 bits per heavy atom. The van der Waals surface area contributed by atoms with Crippen LogP contribution in [-0.2, 0) is 16.1 Å². The van der Waals surface area contributed by atoms with Gasteiger partial charge in [0.2, 0.25) is 0 Å². The molecular formula is C17H27NO3. The van der Waals surface area contributed by atoms with Crippen molar-refractivity contribution in [1.29, 1.82) is 0 Å². The van der Waals surface area contributed by atoms with Crippen LogP contribution in [0.2, 0.25) is 0 Å². The molecule has 0 amide bonds. The second-order valence-electron chi connectivity index (χ2n) is 5.60. The Morgan fingerprint density at radius 3 is 2.33 bits per heavy atom. The van der Waals surface area contributed by atoms with E-state index in [1.807, 2.05) is 32.9 Å². The van der Waals surface area contributed by atoms with Crippen molar-refractivity contribution in [2.24, 2.45) is 5.41 Å². The third-order valence-electron chi connectivity index (χ3n) is 3.91. The van der Waals surface area contributed by atoms with Gasteiger partial charge in [-0.15, -0.1) is 0 Å². The predicted octanol–water partition coefficient (Wildman–Crippen LogP) is 3.19. The lowest BCUT2D eigenvalue weighted by atomic mass is 9.86. The number of benzene rings is 1. The van der Waals surface area contributed by atoms with Crippen LogP contribution in [0.5, 0.6) is 5.75 Å². The molecule has 0 spiro atoms. The van der Waals surface area contributed by atoms with Crippen molar-refractivity contribution in [3.63, 3.8) is 0 Å². The van der Waals surface area contributed by atoms with Crippen LogP contribution in [0.25, 0.3) is 0 Å². The number of ether oxygens (including phenoxy) is 1. The molecule has 1 atom stereocenters. The van der Waals surface area contributed by atoms with Crippen LogP contribution in [0.1, 0.15) is 39.7 Å². The van der Waals surface area contributed by atoms with Crippen LogP contribution >= 0.6 is 0 Å². The first-order valence-electron chi connectivity index (χ1n) is 7.62. The number of carbonyl (C=O) groups excluding carboxylic acids is 1. The Morgan fingerprint density at radius 2 is 1.86 bits per heavy atom. The Kier molecular flexibility index (Phi) is 6.69. The average molecular weight is 293 g/mol. The highest BCUT2D eigenvalue weighted by Crippen LogP contribution is 2.25. The fourth-order valence-electron chi connectivity index (χ4n) is 2.26. The molecule has 0 aliphatic heterocycles. The number of esters is 1. The van der Waals surface area contributed by atoms with Crippen LogP contribution in [0.4, 0.5) is 0 Å². The van der Waals surface area contributed by atoms with Crippen molar-refractivity contribution in [2.45, 2.75) is 40.7 Å². The molecule has 0 saturated heterocycles. The number of phenolic OH excluding ortho intramolecular Hbond substituents is 1. The standard InChI is InChI=1S/C17H27NO3/c1-5-17(4,16(20)21-7-3)13-18(6-2)12-14-8-10-15(19)11-9-14/h8-11,19H,5-7,12-13H2,1-4H3. The number of phenols is 1. The van der Waals surface area contributed by atoms with Gasteiger partial charge >= 0.3 is 5.97 Å². The van der Waals surface area contributed by atoms with E-state index in [2.05, 4.69) is 11.8 Å². The SMILES string of the molecule is CCOC(=O)C(C)(CC)CN(CC)Cc1ccc(O)cc1. The van der Waals surface area contributed by atoms with E-state index < -0.39 is 5.41 Å². The summed E-state index contributed by atoms with van der Waals surface area (Å²) >= 11 is 0. The summed E-state index contributed by atoms with van der Waals surface area (Å²) < 4.78 is 5.21. The van der Waals surface area contributed by atoms with Crippen LogP contribution in [-0.4, -0.2) is 35.7 Å². The smallest absolute Gasteiger partial charge is 0.313 e. The molecule has 0 radical (unpaired) electrons. The monoisotopic (exact) mass is 293 g/mol. The Bertz CT molecular complexity index is 444. The zero-order chi connectivity index (χ0) is 15.9. The van der Waals surface area contributed by atoms with E-state index >= 15 is 0 Å². The molecule has 1 aromatic rings. The molecule has 0 fully saturated rings. The highest BCUT2D eigenvalue weighted by molar-refractivity contribution is 5.76. The summed E-state index contributed by atoms with van der Waals surface area (Å²) in [5.41, 5.74) is 0.639. The Labute approximate surface area is 127 Å². The van der Waals surface area contributed by atoms with Crippen LogP contribution in [0.15, 0.2) is 24.3 Å². The molecule has 0 bridgehead atoms. The molecular weight excluding hydrogens is 266 g/mol. The van der Waals surface area contributed by atoms with Gasteiger partial charge in [0.25, 0.3) is 0 Å². The minimum atomic E-state index is -0.483. The van der Waals surface area contributed by atoms with Gasteiger partial charge in [0.05, 0.1) is 12.0 Å². The molecule has 118 valence electrons. The summed E-state index contributed by atoms with van der Waals surface area (Å²) in [5, 5.41) is 9.33. The van der Waals surface area contributed by atoms with Crippen molar-refractivity contribution >= 4 is 5.97 Å². The van der Waals surface area contributed by atoms with E-state index in [1.54, 1.807) is 12.1 Å². The lowest BCUT2D eigenvalue weighted by Crippen LogP contribution is -2.41. The number of hydrogen-bond donors (Lipinski definition) is 1. The van der Waals surface area contributed by atoms with Gasteiger partial charge < -0.3 is 9.84 Å². The summed E-state index contributed by atoms with van der Waals surface area (Å²) in [6, 6.07) is 7.19. The van der Waals surface area contributed by atoms with Gasteiger partial charge in [-0.05, 0) is 44.5 Å². The Balaban J connectivity index is 2.75. The first-order chi connectivity index (χ1) is 9.95. The number of carbonyl (C=O) groups is 1. The topological polar surface area (TPSA) is 49.8 Å². The van der Waals surface area contributed by atoms with Gasteiger partial charge in [-0.1, -0.05) is 26.0 Å².